The average molecular weight is 432 g/mol. The summed E-state index contributed by atoms with van der Waals surface area (Å²) < 4.78 is 0.926. The third-order valence-corrected chi connectivity index (χ3v) is 4.48. The molecule has 2 aromatic carbocycles. The number of nitrogens with one attached hydrogen (secondary N) is 2. The molecule has 0 saturated heterocycles. The van der Waals surface area contributed by atoms with Gasteiger partial charge in [0.05, 0.1) is 13.1 Å². The second-order valence-corrected chi connectivity index (χ2v) is 7.22. The number of carbonyl (C=O) groups is 3. The molecule has 142 valence electrons. The van der Waals surface area contributed by atoms with Gasteiger partial charge in [-0.3, -0.25) is 14.4 Å². The SMILES string of the molecule is Cc1ccc(C(=O)NCC(=O)N(C)CC(=O)Nc2ccc(Br)cc2C)cc1. The number of hydrogen-bond acceptors (Lipinski definition) is 3. The van der Waals surface area contributed by atoms with Crippen LogP contribution in [0.15, 0.2) is 46.9 Å². The van der Waals surface area contributed by atoms with Crippen LogP contribution in [0.1, 0.15) is 21.5 Å². The van der Waals surface area contributed by atoms with Crippen molar-refractivity contribution in [3.63, 3.8) is 0 Å². The molecule has 0 radical (unpaired) electrons. The predicted molar refractivity (Wildman–Crippen MR) is 109 cm³/mol. The highest BCUT2D eigenvalue weighted by Crippen LogP contribution is 2.19. The topological polar surface area (TPSA) is 78.5 Å². The summed E-state index contributed by atoms with van der Waals surface area (Å²) >= 11 is 3.37. The molecule has 3 amide bonds. The van der Waals surface area contributed by atoms with E-state index in [9.17, 15) is 14.4 Å². The summed E-state index contributed by atoms with van der Waals surface area (Å²) in [6.07, 6.45) is 0. The lowest BCUT2D eigenvalue weighted by Gasteiger charge is -2.18. The normalized spacial score (nSPS) is 10.2. The number of amides is 3. The number of rotatable bonds is 6. The highest BCUT2D eigenvalue weighted by atomic mass is 79.9. The summed E-state index contributed by atoms with van der Waals surface area (Å²) in [6, 6.07) is 12.6. The van der Waals surface area contributed by atoms with Gasteiger partial charge in [-0.25, -0.2) is 0 Å². The van der Waals surface area contributed by atoms with Crippen molar-refractivity contribution in [2.75, 3.05) is 25.5 Å². The molecule has 2 aromatic rings. The van der Waals surface area contributed by atoms with E-state index in [1.807, 2.05) is 38.1 Å². The van der Waals surface area contributed by atoms with Gasteiger partial charge < -0.3 is 15.5 Å². The molecular formula is C20H22BrN3O3. The maximum atomic E-state index is 12.2. The van der Waals surface area contributed by atoms with Gasteiger partial charge in [0.2, 0.25) is 11.8 Å². The molecule has 0 bridgehead atoms. The smallest absolute Gasteiger partial charge is 0.251 e. The van der Waals surface area contributed by atoms with Crippen molar-refractivity contribution in [2.24, 2.45) is 0 Å². The lowest BCUT2D eigenvalue weighted by atomic mass is 10.1. The van der Waals surface area contributed by atoms with Gasteiger partial charge in [0.25, 0.3) is 5.91 Å². The lowest BCUT2D eigenvalue weighted by Crippen LogP contribution is -2.41. The number of anilines is 1. The second-order valence-electron chi connectivity index (χ2n) is 6.31. The first-order valence-electron chi connectivity index (χ1n) is 8.41. The monoisotopic (exact) mass is 431 g/mol. The number of halogens is 1. The molecule has 0 aliphatic rings. The first-order chi connectivity index (χ1) is 12.8. The van der Waals surface area contributed by atoms with Crippen molar-refractivity contribution in [1.29, 1.82) is 0 Å². The van der Waals surface area contributed by atoms with E-state index < -0.39 is 0 Å². The molecule has 6 nitrogen and oxygen atoms in total. The number of benzene rings is 2. The lowest BCUT2D eigenvalue weighted by molar-refractivity contribution is -0.132. The molecule has 7 heteroatoms. The first-order valence-corrected chi connectivity index (χ1v) is 9.20. The van der Waals surface area contributed by atoms with E-state index in [-0.39, 0.29) is 30.8 Å². The molecule has 0 unspecified atom stereocenters. The summed E-state index contributed by atoms with van der Waals surface area (Å²) in [4.78, 5) is 37.6. The molecular weight excluding hydrogens is 410 g/mol. The number of carbonyl (C=O) groups excluding carboxylic acids is 3. The molecule has 0 fully saturated rings. The van der Waals surface area contributed by atoms with Crippen molar-refractivity contribution >= 4 is 39.3 Å². The Morgan fingerprint density at radius 1 is 1.04 bits per heavy atom. The van der Waals surface area contributed by atoms with Gasteiger partial charge in [0.1, 0.15) is 0 Å². The highest BCUT2D eigenvalue weighted by molar-refractivity contribution is 9.10. The third-order valence-electron chi connectivity index (χ3n) is 3.98. The fourth-order valence-corrected chi connectivity index (χ4v) is 2.83. The summed E-state index contributed by atoms with van der Waals surface area (Å²) in [7, 11) is 1.52. The van der Waals surface area contributed by atoms with E-state index in [2.05, 4.69) is 26.6 Å². The minimum absolute atomic E-state index is 0.102. The second kappa shape index (κ2) is 9.32. The van der Waals surface area contributed by atoms with E-state index in [4.69, 9.17) is 0 Å². The van der Waals surface area contributed by atoms with E-state index >= 15 is 0 Å². The van der Waals surface area contributed by atoms with E-state index in [0.29, 0.717) is 11.3 Å². The van der Waals surface area contributed by atoms with Crippen molar-refractivity contribution in [3.05, 3.63) is 63.6 Å². The van der Waals surface area contributed by atoms with Crippen molar-refractivity contribution in [3.8, 4) is 0 Å². The molecule has 27 heavy (non-hydrogen) atoms. The van der Waals surface area contributed by atoms with Crippen LogP contribution in [0.2, 0.25) is 0 Å². The van der Waals surface area contributed by atoms with Gasteiger partial charge in [-0.15, -0.1) is 0 Å². The summed E-state index contributed by atoms with van der Waals surface area (Å²) in [5.41, 5.74) is 3.14. The molecule has 0 aliphatic carbocycles. The van der Waals surface area contributed by atoms with Gasteiger partial charge in [-0.05, 0) is 49.7 Å². The average Bonchev–Trinajstić information content (AvgIpc) is 2.62. The van der Waals surface area contributed by atoms with Crippen molar-refractivity contribution < 1.29 is 14.4 Å². The molecule has 0 heterocycles. The zero-order valence-corrected chi connectivity index (χ0v) is 17.1. The number of likely N-dealkylation sites (N-methyl/N-ethyl adjacent to an activating group) is 1. The molecule has 2 rings (SSSR count). The van der Waals surface area contributed by atoms with Crippen molar-refractivity contribution in [2.45, 2.75) is 13.8 Å². The largest absolute Gasteiger partial charge is 0.343 e. The van der Waals surface area contributed by atoms with E-state index in [1.165, 1.54) is 11.9 Å². The molecule has 0 spiro atoms. The predicted octanol–water partition coefficient (Wildman–Crippen LogP) is 2.89. The standard InChI is InChI=1S/C20H22BrN3O3/c1-13-4-6-15(7-5-13)20(27)22-11-19(26)24(3)12-18(25)23-17-9-8-16(21)10-14(17)2/h4-10H,11-12H2,1-3H3,(H,22,27)(H,23,25). The third kappa shape index (κ3) is 6.21. The van der Waals surface area contributed by atoms with Crippen LogP contribution >= 0.6 is 15.9 Å². The molecule has 0 aromatic heterocycles. The molecule has 0 atom stereocenters. The van der Waals surface area contributed by atoms with Gasteiger partial charge in [-0.1, -0.05) is 33.6 Å². The van der Waals surface area contributed by atoms with Crippen LogP contribution in [0.5, 0.6) is 0 Å². The first kappa shape index (κ1) is 20.6. The highest BCUT2D eigenvalue weighted by Gasteiger charge is 2.15. The fourth-order valence-electron chi connectivity index (χ4n) is 2.36. The quantitative estimate of drug-likeness (QED) is 0.737. The number of aryl methyl sites for hydroxylation is 2. The van der Waals surface area contributed by atoms with Gasteiger partial charge >= 0.3 is 0 Å². The minimum Gasteiger partial charge on any atom is -0.343 e. The molecule has 0 aliphatic heterocycles. The maximum absolute atomic E-state index is 12.2. The maximum Gasteiger partial charge on any atom is 0.251 e. The Hall–Kier alpha value is -2.67. The van der Waals surface area contributed by atoms with Crippen LogP contribution in [-0.2, 0) is 9.59 Å². The van der Waals surface area contributed by atoms with E-state index in [1.54, 1.807) is 18.2 Å². The number of nitrogens with zero attached hydrogens (tertiary/aromatic N) is 1. The minimum atomic E-state index is -0.349. The van der Waals surface area contributed by atoms with E-state index in [0.717, 1.165) is 15.6 Å². The summed E-state index contributed by atoms with van der Waals surface area (Å²) in [6.45, 7) is 3.54. The molecule has 2 N–H and O–H groups in total. The van der Waals surface area contributed by atoms with Gasteiger partial charge in [0, 0.05) is 22.8 Å². The zero-order chi connectivity index (χ0) is 20.0. The number of hydrogen-bond donors (Lipinski definition) is 2. The van der Waals surface area contributed by atoms with Gasteiger partial charge in [0.15, 0.2) is 0 Å². The summed E-state index contributed by atoms with van der Waals surface area (Å²) in [5.74, 6) is -0.981. The zero-order valence-electron chi connectivity index (χ0n) is 15.5. The van der Waals surface area contributed by atoms with Crippen LogP contribution in [0, 0.1) is 13.8 Å². The Morgan fingerprint density at radius 3 is 2.33 bits per heavy atom. The Kier molecular flexibility index (Phi) is 7.12. The molecule has 0 saturated carbocycles. The van der Waals surface area contributed by atoms with Gasteiger partial charge in [-0.2, -0.15) is 0 Å². The van der Waals surface area contributed by atoms with Crippen LogP contribution in [0.4, 0.5) is 5.69 Å². The van der Waals surface area contributed by atoms with Crippen LogP contribution in [-0.4, -0.2) is 42.8 Å². The van der Waals surface area contributed by atoms with Crippen LogP contribution < -0.4 is 10.6 Å². The Morgan fingerprint density at radius 2 is 1.70 bits per heavy atom. The Balaban J connectivity index is 1.83. The Labute approximate surface area is 167 Å². The Bertz CT molecular complexity index is 850. The van der Waals surface area contributed by atoms with Crippen molar-refractivity contribution in [1.82, 2.24) is 10.2 Å². The van der Waals surface area contributed by atoms with Crippen LogP contribution in [0.25, 0.3) is 0 Å². The summed E-state index contributed by atoms with van der Waals surface area (Å²) in [5, 5.41) is 5.35. The van der Waals surface area contributed by atoms with Crippen LogP contribution in [0.3, 0.4) is 0 Å². The fraction of sp³-hybridized carbons (Fsp3) is 0.250.